The highest BCUT2D eigenvalue weighted by Gasteiger charge is 2.17. The number of nitrogens with one attached hydrogen (secondary N) is 1. The molecule has 4 heteroatoms. The van der Waals surface area contributed by atoms with E-state index >= 15 is 0 Å². The molecule has 114 valence electrons. The summed E-state index contributed by atoms with van der Waals surface area (Å²) >= 11 is 1.71. The Hall–Kier alpha value is -1.39. The molecule has 0 aliphatic rings. The van der Waals surface area contributed by atoms with Gasteiger partial charge in [0.15, 0.2) is 0 Å². The third kappa shape index (κ3) is 3.83. The first-order valence-corrected chi connectivity index (χ1v) is 8.16. The summed E-state index contributed by atoms with van der Waals surface area (Å²) in [4.78, 5) is 3.35. The van der Waals surface area contributed by atoms with Gasteiger partial charge >= 0.3 is 0 Å². The number of benzene rings is 1. The maximum atomic E-state index is 14.5. The van der Waals surface area contributed by atoms with E-state index in [4.69, 9.17) is 0 Å². The van der Waals surface area contributed by atoms with Crippen molar-refractivity contribution in [3.8, 4) is 0 Å². The van der Waals surface area contributed by atoms with E-state index < -0.39 is 0 Å². The second-order valence-electron chi connectivity index (χ2n) is 5.52. The quantitative estimate of drug-likeness (QED) is 0.840. The van der Waals surface area contributed by atoms with Crippen LogP contribution in [0.25, 0.3) is 0 Å². The lowest BCUT2D eigenvalue weighted by Crippen LogP contribution is -2.30. The molecule has 0 aliphatic carbocycles. The zero-order chi connectivity index (χ0) is 15.4. The van der Waals surface area contributed by atoms with Crippen molar-refractivity contribution in [3.63, 3.8) is 0 Å². The minimum absolute atomic E-state index is 0.151. The first-order valence-electron chi connectivity index (χ1n) is 7.28. The van der Waals surface area contributed by atoms with Crippen molar-refractivity contribution < 1.29 is 4.39 Å². The molecule has 1 heterocycles. The van der Waals surface area contributed by atoms with E-state index in [1.54, 1.807) is 17.4 Å². The van der Waals surface area contributed by atoms with Gasteiger partial charge < -0.3 is 10.2 Å². The Balaban J connectivity index is 2.28. The predicted molar refractivity (Wildman–Crippen MR) is 89.5 cm³/mol. The lowest BCUT2D eigenvalue weighted by Gasteiger charge is -2.29. The summed E-state index contributed by atoms with van der Waals surface area (Å²) in [6.07, 6.45) is 0. The van der Waals surface area contributed by atoms with Crippen LogP contribution < -0.4 is 10.2 Å². The molecule has 0 saturated carbocycles. The smallest absolute Gasteiger partial charge is 0.146 e. The first kappa shape index (κ1) is 16.0. The third-order valence-corrected chi connectivity index (χ3v) is 4.60. The zero-order valence-corrected chi connectivity index (χ0v) is 13.9. The van der Waals surface area contributed by atoms with Crippen molar-refractivity contribution in [2.75, 3.05) is 11.9 Å². The van der Waals surface area contributed by atoms with Crippen LogP contribution in [0.3, 0.4) is 0 Å². The summed E-state index contributed by atoms with van der Waals surface area (Å²) in [5.74, 6) is -0.153. The highest BCUT2D eigenvalue weighted by molar-refractivity contribution is 7.09. The Morgan fingerprint density at radius 3 is 2.52 bits per heavy atom. The van der Waals surface area contributed by atoms with Crippen LogP contribution in [0.15, 0.2) is 35.7 Å². The summed E-state index contributed by atoms with van der Waals surface area (Å²) in [5, 5.41) is 5.20. The fourth-order valence-electron chi connectivity index (χ4n) is 2.31. The Morgan fingerprint density at radius 2 is 2.00 bits per heavy atom. The van der Waals surface area contributed by atoms with Crippen LogP contribution in [0.2, 0.25) is 0 Å². The molecule has 1 aromatic heterocycles. The molecule has 2 aromatic rings. The second-order valence-corrected chi connectivity index (χ2v) is 6.55. The number of nitrogens with zero attached hydrogens (tertiary/aromatic N) is 1. The maximum absolute atomic E-state index is 14.5. The molecule has 0 bridgehead atoms. The molecule has 2 nitrogen and oxygen atoms in total. The molecular formula is C17H23FN2S. The minimum atomic E-state index is -0.153. The normalized spacial score (nSPS) is 12.7. The van der Waals surface area contributed by atoms with E-state index in [9.17, 15) is 4.39 Å². The second kappa shape index (κ2) is 7.05. The van der Waals surface area contributed by atoms with Crippen LogP contribution in [-0.4, -0.2) is 13.1 Å². The van der Waals surface area contributed by atoms with Crippen LogP contribution in [0.1, 0.15) is 37.3 Å². The molecule has 1 unspecified atom stereocenters. The summed E-state index contributed by atoms with van der Waals surface area (Å²) in [6.45, 7) is 6.96. The first-order chi connectivity index (χ1) is 10.0. The molecule has 0 saturated heterocycles. The largest absolute Gasteiger partial charge is 0.362 e. The molecule has 2 rings (SSSR count). The van der Waals surface area contributed by atoms with Crippen molar-refractivity contribution in [3.05, 3.63) is 52.0 Å². The van der Waals surface area contributed by atoms with Gasteiger partial charge in [0, 0.05) is 17.0 Å². The van der Waals surface area contributed by atoms with E-state index in [0.29, 0.717) is 5.69 Å². The van der Waals surface area contributed by atoms with Gasteiger partial charge in [0.05, 0.1) is 12.2 Å². The van der Waals surface area contributed by atoms with Gasteiger partial charge in [0.25, 0.3) is 0 Å². The Kier molecular flexibility index (Phi) is 5.37. The van der Waals surface area contributed by atoms with E-state index in [1.165, 1.54) is 4.88 Å². The fourth-order valence-corrected chi connectivity index (χ4v) is 3.01. The van der Waals surface area contributed by atoms with Gasteiger partial charge in [-0.3, -0.25) is 0 Å². The van der Waals surface area contributed by atoms with Gasteiger partial charge in [0.1, 0.15) is 5.82 Å². The van der Waals surface area contributed by atoms with Gasteiger partial charge in [-0.15, -0.1) is 11.3 Å². The molecule has 21 heavy (non-hydrogen) atoms. The number of hydrogen-bond acceptors (Lipinski definition) is 3. The Morgan fingerprint density at radius 1 is 1.24 bits per heavy atom. The minimum Gasteiger partial charge on any atom is -0.362 e. The van der Waals surface area contributed by atoms with Gasteiger partial charge in [-0.1, -0.05) is 12.1 Å². The van der Waals surface area contributed by atoms with E-state index in [2.05, 4.69) is 35.5 Å². The topological polar surface area (TPSA) is 15.3 Å². The number of anilines is 1. The van der Waals surface area contributed by atoms with Crippen molar-refractivity contribution in [2.24, 2.45) is 0 Å². The lowest BCUT2D eigenvalue weighted by molar-refractivity contribution is 0.588. The zero-order valence-electron chi connectivity index (χ0n) is 13.1. The summed E-state index contributed by atoms with van der Waals surface area (Å²) in [5.41, 5.74) is 1.64. The van der Waals surface area contributed by atoms with Crippen LogP contribution in [0.4, 0.5) is 10.1 Å². The molecule has 0 amide bonds. The number of hydrogen-bond donors (Lipinski definition) is 1. The van der Waals surface area contributed by atoms with E-state index in [0.717, 1.165) is 12.1 Å². The molecule has 1 N–H and O–H groups in total. The van der Waals surface area contributed by atoms with Crippen LogP contribution in [0.5, 0.6) is 0 Å². The molecular weight excluding hydrogens is 283 g/mol. The van der Waals surface area contributed by atoms with Crippen molar-refractivity contribution in [1.29, 1.82) is 0 Å². The third-order valence-electron chi connectivity index (χ3n) is 3.74. The molecule has 1 atom stereocenters. The summed E-state index contributed by atoms with van der Waals surface area (Å²) < 4.78 is 14.5. The highest BCUT2D eigenvalue weighted by atomic mass is 32.1. The van der Waals surface area contributed by atoms with Gasteiger partial charge in [0.2, 0.25) is 0 Å². The summed E-state index contributed by atoms with van der Waals surface area (Å²) in [7, 11) is 1.88. The molecule has 1 aromatic carbocycles. The molecule has 0 radical (unpaired) electrons. The van der Waals surface area contributed by atoms with Crippen molar-refractivity contribution in [2.45, 2.75) is 39.4 Å². The molecule has 0 spiro atoms. The number of rotatable bonds is 6. The standard InChI is InChI=1S/C17H23FN2S/c1-12(2)20(11-15-6-5-9-21-15)17-8-7-14(10-16(17)18)13(3)19-4/h5-10,12-13,19H,11H2,1-4H3. The molecule has 0 aliphatic heterocycles. The molecule has 0 fully saturated rings. The summed E-state index contributed by atoms with van der Waals surface area (Å²) in [6, 6.07) is 10.1. The Labute approximate surface area is 130 Å². The van der Waals surface area contributed by atoms with Crippen molar-refractivity contribution >= 4 is 17.0 Å². The van der Waals surface area contributed by atoms with Gasteiger partial charge in [-0.25, -0.2) is 4.39 Å². The fraction of sp³-hybridized carbons (Fsp3) is 0.412. The maximum Gasteiger partial charge on any atom is 0.146 e. The SMILES string of the molecule is CNC(C)c1ccc(N(Cc2cccs2)C(C)C)c(F)c1. The average Bonchev–Trinajstić information content (AvgIpc) is 2.97. The average molecular weight is 306 g/mol. The van der Waals surface area contributed by atoms with Crippen molar-refractivity contribution in [1.82, 2.24) is 5.32 Å². The monoisotopic (exact) mass is 306 g/mol. The van der Waals surface area contributed by atoms with Crippen LogP contribution >= 0.6 is 11.3 Å². The predicted octanol–water partition coefficient (Wildman–Crippen LogP) is 4.58. The Bertz CT molecular complexity index is 566. The van der Waals surface area contributed by atoms with Gasteiger partial charge in [-0.2, -0.15) is 0 Å². The highest BCUT2D eigenvalue weighted by Crippen LogP contribution is 2.27. The van der Waals surface area contributed by atoms with E-state index in [-0.39, 0.29) is 17.9 Å². The lowest BCUT2D eigenvalue weighted by atomic mass is 10.1. The van der Waals surface area contributed by atoms with Gasteiger partial charge in [-0.05, 0) is 57.0 Å². The van der Waals surface area contributed by atoms with E-state index in [1.807, 2.05) is 32.2 Å². The van der Waals surface area contributed by atoms with Crippen LogP contribution in [0, 0.1) is 5.82 Å². The number of thiophene rings is 1. The van der Waals surface area contributed by atoms with Crippen LogP contribution in [-0.2, 0) is 6.54 Å². The number of halogens is 1.